The van der Waals surface area contributed by atoms with Gasteiger partial charge in [0.2, 0.25) is 5.13 Å². The molecule has 0 aliphatic heterocycles. The first-order valence-electron chi connectivity index (χ1n) is 8.12. The number of aromatic nitrogens is 2. The molecule has 0 saturated heterocycles. The fourth-order valence-corrected chi connectivity index (χ4v) is 3.28. The van der Waals surface area contributed by atoms with Gasteiger partial charge in [-0.25, -0.2) is 4.39 Å². The molecule has 2 aromatic carbocycles. The average molecular weight is 356 g/mol. The topological polar surface area (TPSA) is 41.0 Å². The molecule has 130 valence electrons. The predicted octanol–water partition coefficient (Wildman–Crippen LogP) is 3.94. The molecule has 0 aliphatic carbocycles. The number of halogens is 1. The fourth-order valence-electron chi connectivity index (χ4n) is 2.51. The van der Waals surface area contributed by atoms with E-state index in [-0.39, 0.29) is 5.82 Å². The molecule has 0 amide bonds. The highest BCUT2D eigenvalue weighted by atomic mass is 32.1. The van der Waals surface area contributed by atoms with Crippen LogP contribution in [0.3, 0.4) is 0 Å². The van der Waals surface area contributed by atoms with Crippen LogP contribution in [0.4, 0.5) is 9.52 Å². The van der Waals surface area contributed by atoms with Crippen LogP contribution >= 0.6 is 11.3 Å². The van der Waals surface area contributed by atoms with Crippen LogP contribution in [-0.2, 0) is 19.5 Å². The van der Waals surface area contributed by atoms with Crippen LogP contribution in [0.25, 0.3) is 0 Å². The number of hydrogen-bond acceptors (Lipinski definition) is 5. The smallest absolute Gasteiger partial charge is 0.205 e. The summed E-state index contributed by atoms with van der Waals surface area (Å²) in [5.41, 5.74) is 2.80. The summed E-state index contributed by atoms with van der Waals surface area (Å²) in [7, 11) is 3.86. The normalized spacial score (nSPS) is 11.0. The Morgan fingerprint density at radius 2 is 1.84 bits per heavy atom. The molecule has 0 aliphatic rings. The van der Waals surface area contributed by atoms with Gasteiger partial charge in [-0.3, -0.25) is 0 Å². The third-order valence-corrected chi connectivity index (χ3v) is 4.59. The van der Waals surface area contributed by atoms with Crippen molar-refractivity contribution in [2.75, 3.05) is 19.4 Å². The maximum Gasteiger partial charge on any atom is 0.205 e. The molecule has 3 aromatic rings. The van der Waals surface area contributed by atoms with Gasteiger partial charge in [0.25, 0.3) is 0 Å². The molecule has 3 rings (SSSR count). The summed E-state index contributed by atoms with van der Waals surface area (Å²) >= 11 is 1.53. The standard InChI is InChI=1S/C19H21FN4S/c1-24(2)13-16-9-8-15(10-17(16)20)12-21-19-23-22-18(25-19)11-14-6-4-3-5-7-14/h3-10H,11-13H2,1-2H3,(H,21,23). The van der Waals surface area contributed by atoms with E-state index in [2.05, 4.69) is 27.6 Å². The summed E-state index contributed by atoms with van der Waals surface area (Å²) in [5, 5.41) is 13.3. The van der Waals surface area contributed by atoms with E-state index in [1.165, 1.54) is 16.9 Å². The lowest BCUT2D eigenvalue weighted by Crippen LogP contribution is -2.12. The Balaban J connectivity index is 1.58. The molecule has 1 aromatic heterocycles. The summed E-state index contributed by atoms with van der Waals surface area (Å²) in [6.45, 7) is 1.12. The fraction of sp³-hybridized carbons (Fsp3) is 0.263. The molecule has 1 heterocycles. The van der Waals surface area contributed by atoms with Crippen LogP contribution in [0.2, 0.25) is 0 Å². The monoisotopic (exact) mass is 356 g/mol. The minimum Gasteiger partial charge on any atom is -0.356 e. The van der Waals surface area contributed by atoms with E-state index >= 15 is 0 Å². The number of nitrogens with one attached hydrogen (secondary N) is 1. The molecule has 0 fully saturated rings. The summed E-state index contributed by atoms with van der Waals surface area (Å²) < 4.78 is 14.1. The van der Waals surface area contributed by atoms with Gasteiger partial charge in [0.05, 0.1) is 0 Å². The lowest BCUT2D eigenvalue weighted by atomic mass is 10.1. The molecule has 0 unspecified atom stereocenters. The van der Waals surface area contributed by atoms with E-state index in [0.717, 1.165) is 22.1 Å². The van der Waals surface area contributed by atoms with Gasteiger partial charge >= 0.3 is 0 Å². The van der Waals surface area contributed by atoms with Crippen molar-refractivity contribution in [3.05, 3.63) is 76.0 Å². The van der Waals surface area contributed by atoms with Crippen molar-refractivity contribution in [3.63, 3.8) is 0 Å². The molecule has 0 saturated carbocycles. The zero-order valence-corrected chi connectivity index (χ0v) is 15.2. The molecule has 0 radical (unpaired) electrons. The first kappa shape index (κ1) is 17.5. The predicted molar refractivity (Wildman–Crippen MR) is 100 cm³/mol. The second kappa shape index (κ2) is 8.18. The Labute approximate surface area is 151 Å². The summed E-state index contributed by atoms with van der Waals surface area (Å²) in [6.07, 6.45) is 0.772. The van der Waals surface area contributed by atoms with E-state index in [0.29, 0.717) is 18.7 Å². The number of benzene rings is 2. The Morgan fingerprint density at radius 3 is 2.56 bits per heavy atom. The van der Waals surface area contributed by atoms with Crippen molar-refractivity contribution in [3.8, 4) is 0 Å². The van der Waals surface area contributed by atoms with Crippen LogP contribution in [-0.4, -0.2) is 29.2 Å². The van der Waals surface area contributed by atoms with Gasteiger partial charge in [0, 0.05) is 25.1 Å². The van der Waals surface area contributed by atoms with Gasteiger partial charge in [-0.15, -0.1) is 10.2 Å². The largest absolute Gasteiger partial charge is 0.356 e. The molecule has 6 heteroatoms. The summed E-state index contributed by atoms with van der Waals surface area (Å²) in [5.74, 6) is -0.171. The van der Waals surface area contributed by atoms with Crippen molar-refractivity contribution in [1.29, 1.82) is 0 Å². The van der Waals surface area contributed by atoms with E-state index in [1.54, 1.807) is 6.07 Å². The molecular formula is C19H21FN4S. The summed E-state index contributed by atoms with van der Waals surface area (Å²) in [4.78, 5) is 1.95. The van der Waals surface area contributed by atoms with Crippen molar-refractivity contribution in [2.24, 2.45) is 0 Å². The van der Waals surface area contributed by atoms with Gasteiger partial charge in [-0.1, -0.05) is 53.8 Å². The third kappa shape index (κ3) is 5.08. The Morgan fingerprint density at radius 1 is 1.04 bits per heavy atom. The zero-order chi connectivity index (χ0) is 17.6. The van der Waals surface area contributed by atoms with Crippen LogP contribution in [0.5, 0.6) is 0 Å². The minimum absolute atomic E-state index is 0.171. The minimum atomic E-state index is -0.171. The second-order valence-corrected chi connectivity index (χ2v) is 7.24. The van der Waals surface area contributed by atoms with Crippen LogP contribution in [0, 0.1) is 5.82 Å². The average Bonchev–Trinajstić information content (AvgIpc) is 3.03. The third-order valence-electron chi connectivity index (χ3n) is 3.71. The molecule has 25 heavy (non-hydrogen) atoms. The van der Waals surface area contributed by atoms with E-state index < -0.39 is 0 Å². The van der Waals surface area contributed by atoms with Crippen molar-refractivity contribution in [1.82, 2.24) is 15.1 Å². The maximum atomic E-state index is 14.1. The lowest BCUT2D eigenvalue weighted by Gasteiger charge is -2.11. The molecule has 0 spiro atoms. The number of hydrogen-bond donors (Lipinski definition) is 1. The highest BCUT2D eigenvalue weighted by molar-refractivity contribution is 7.15. The SMILES string of the molecule is CN(C)Cc1ccc(CNc2nnc(Cc3ccccc3)s2)cc1F. The van der Waals surface area contributed by atoms with E-state index in [4.69, 9.17) is 0 Å². The second-order valence-electron chi connectivity index (χ2n) is 6.18. The maximum absolute atomic E-state index is 14.1. The highest BCUT2D eigenvalue weighted by Gasteiger charge is 2.07. The van der Waals surface area contributed by atoms with Gasteiger partial charge in [-0.2, -0.15) is 0 Å². The van der Waals surface area contributed by atoms with Gasteiger partial charge in [0.15, 0.2) is 0 Å². The van der Waals surface area contributed by atoms with Crippen LogP contribution in [0.15, 0.2) is 48.5 Å². The number of nitrogens with zero attached hydrogens (tertiary/aromatic N) is 3. The van der Waals surface area contributed by atoms with Gasteiger partial charge in [-0.05, 0) is 31.3 Å². The molecule has 0 atom stereocenters. The van der Waals surface area contributed by atoms with Crippen molar-refractivity contribution >= 4 is 16.5 Å². The molecule has 4 nitrogen and oxygen atoms in total. The van der Waals surface area contributed by atoms with Crippen LogP contribution in [0.1, 0.15) is 21.7 Å². The van der Waals surface area contributed by atoms with Gasteiger partial charge in [0.1, 0.15) is 10.8 Å². The molecule has 0 bridgehead atoms. The summed E-state index contributed by atoms with van der Waals surface area (Å²) in [6, 6.07) is 15.6. The quantitative estimate of drug-likeness (QED) is 0.696. The van der Waals surface area contributed by atoms with E-state index in [1.807, 2.05) is 49.3 Å². The van der Waals surface area contributed by atoms with Crippen molar-refractivity contribution < 1.29 is 4.39 Å². The molecule has 1 N–H and O–H groups in total. The van der Waals surface area contributed by atoms with Crippen molar-refractivity contribution in [2.45, 2.75) is 19.5 Å². The molecular weight excluding hydrogens is 335 g/mol. The Bertz CT molecular complexity index is 817. The van der Waals surface area contributed by atoms with Crippen LogP contribution < -0.4 is 5.32 Å². The number of rotatable bonds is 7. The zero-order valence-electron chi connectivity index (χ0n) is 14.4. The van der Waals surface area contributed by atoms with E-state index in [9.17, 15) is 4.39 Å². The Hall–Kier alpha value is -2.31. The lowest BCUT2D eigenvalue weighted by molar-refractivity contribution is 0.392. The first-order chi connectivity index (χ1) is 12.1. The number of anilines is 1. The Kier molecular flexibility index (Phi) is 5.73. The van der Waals surface area contributed by atoms with Gasteiger partial charge < -0.3 is 10.2 Å². The highest BCUT2D eigenvalue weighted by Crippen LogP contribution is 2.20. The first-order valence-corrected chi connectivity index (χ1v) is 8.94.